The number of nitrogens with zero attached hydrogens (tertiary/aromatic N) is 1. The molecule has 5 nitrogen and oxygen atoms in total. The predicted molar refractivity (Wildman–Crippen MR) is 106 cm³/mol. The molecule has 0 radical (unpaired) electrons. The molecule has 1 fully saturated rings. The minimum atomic E-state index is -0.227. The molecule has 0 aromatic heterocycles. The SMILES string of the molecule is CC(=O)N1C=Cc2ccccc2C1CC(=O)NCCC1CCCNC1.Cl. The Morgan fingerprint density at radius 1 is 1.31 bits per heavy atom. The zero-order chi connectivity index (χ0) is 17.6. The second kappa shape index (κ2) is 9.74. The molecule has 0 spiro atoms. The van der Waals surface area contributed by atoms with Crippen LogP contribution in [0.25, 0.3) is 6.08 Å². The molecule has 2 aliphatic rings. The van der Waals surface area contributed by atoms with Crippen molar-refractivity contribution in [1.82, 2.24) is 15.5 Å². The van der Waals surface area contributed by atoms with Gasteiger partial charge in [-0.3, -0.25) is 9.59 Å². The highest BCUT2D eigenvalue weighted by Crippen LogP contribution is 2.32. The van der Waals surface area contributed by atoms with E-state index in [-0.39, 0.29) is 30.3 Å². The van der Waals surface area contributed by atoms with E-state index in [1.165, 1.54) is 12.8 Å². The van der Waals surface area contributed by atoms with Crippen molar-refractivity contribution in [2.45, 2.75) is 38.6 Å². The summed E-state index contributed by atoms with van der Waals surface area (Å²) in [5, 5.41) is 6.44. The first kappa shape index (κ1) is 20.5. The smallest absolute Gasteiger partial charge is 0.223 e. The molecular formula is C20H28ClN3O2. The van der Waals surface area contributed by atoms with Gasteiger partial charge in [0, 0.05) is 19.7 Å². The molecule has 2 heterocycles. The summed E-state index contributed by atoms with van der Waals surface area (Å²) in [6.07, 6.45) is 7.48. The van der Waals surface area contributed by atoms with Gasteiger partial charge in [-0.05, 0) is 55.5 Å². The number of carbonyl (C=O) groups is 2. The number of rotatable bonds is 5. The van der Waals surface area contributed by atoms with E-state index >= 15 is 0 Å². The van der Waals surface area contributed by atoms with Crippen molar-refractivity contribution in [2.24, 2.45) is 5.92 Å². The molecule has 0 aliphatic carbocycles. The van der Waals surface area contributed by atoms with Crippen LogP contribution >= 0.6 is 12.4 Å². The highest BCUT2D eigenvalue weighted by molar-refractivity contribution is 5.85. The summed E-state index contributed by atoms with van der Waals surface area (Å²) in [6, 6.07) is 7.72. The third kappa shape index (κ3) is 5.08. The largest absolute Gasteiger partial charge is 0.356 e. The van der Waals surface area contributed by atoms with Crippen LogP contribution in [0.4, 0.5) is 0 Å². The van der Waals surface area contributed by atoms with E-state index in [2.05, 4.69) is 10.6 Å². The quantitative estimate of drug-likeness (QED) is 0.829. The van der Waals surface area contributed by atoms with E-state index in [1.807, 2.05) is 30.3 Å². The predicted octanol–water partition coefficient (Wildman–Crippen LogP) is 2.88. The van der Waals surface area contributed by atoms with Gasteiger partial charge in [0.25, 0.3) is 0 Å². The van der Waals surface area contributed by atoms with Gasteiger partial charge < -0.3 is 15.5 Å². The van der Waals surface area contributed by atoms with E-state index in [4.69, 9.17) is 0 Å². The van der Waals surface area contributed by atoms with Crippen molar-refractivity contribution in [2.75, 3.05) is 19.6 Å². The van der Waals surface area contributed by atoms with Crippen LogP contribution in [0, 0.1) is 5.92 Å². The Balaban J connectivity index is 0.00000243. The fraction of sp³-hybridized carbons (Fsp3) is 0.500. The van der Waals surface area contributed by atoms with Crippen molar-refractivity contribution in [3.05, 3.63) is 41.6 Å². The molecule has 1 aromatic rings. The molecule has 26 heavy (non-hydrogen) atoms. The molecule has 1 saturated heterocycles. The lowest BCUT2D eigenvalue weighted by molar-refractivity contribution is -0.129. The van der Waals surface area contributed by atoms with E-state index in [0.29, 0.717) is 18.9 Å². The maximum absolute atomic E-state index is 12.4. The van der Waals surface area contributed by atoms with Crippen molar-refractivity contribution in [3.63, 3.8) is 0 Å². The third-order valence-corrected chi connectivity index (χ3v) is 5.12. The third-order valence-electron chi connectivity index (χ3n) is 5.12. The van der Waals surface area contributed by atoms with Gasteiger partial charge in [0.15, 0.2) is 0 Å². The Kier molecular flexibility index (Phi) is 7.66. The first-order valence-electron chi connectivity index (χ1n) is 9.18. The Bertz CT molecular complexity index is 656. The molecule has 0 bridgehead atoms. The van der Waals surface area contributed by atoms with Crippen LogP contribution in [0.5, 0.6) is 0 Å². The second-order valence-corrected chi connectivity index (χ2v) is 6.94. The molecule has 2 unspecified atom stereocenters. The molecule has 6 heteroatoms. The van der Waals surface area contributed by atoms with Crippen LogP contribution < -0.4 is 10.6 Å². The number of piperidine rings is 1. The number of amides is 2. The van der Waals surface area contributed by atoms with E-state index in [9.17, 15) is 9.59 Å². The summed E-state index contributed by atoms with van der Waals surface area (Å²) in [5.41, 5.74) is 2.11. The number of hydrogen-bond acceptors (Lipinski definition) is 3. The maximum atomic E-state index is 12.4. The lowest BCUT2D eigenvalue weighted by Gasteiger charge is -2.32. The van der Waals surface area contributed by atoms with Gasteiger partial charge in [-0.15, -0.1) is 12.4 Å². The van der Waals surface area contributed by atoms with Gasteiger partial charge in [0.05, 0.1) is 12.5 Å². The lowest BCUT2D eigenvalue weighted by atomic mass is 9.93. The zero-order valence-electron chi connectivity index (χ0n) is 15.2. The summed E-state index contributed by atoms with van der Waals surface area (Å²) in [5.74, 6) is 0.614. The van der Waals surface area contributed by atoms with Gasteiger partial charge in [-0.2, -0.15) is 0 Å². The number of hydrogen-bond donors (Lipinski definition) is 2. The number of carbonyl (C=O) groups excluding carboxylic acids is 2. The summed E-state index contributed by atoms with van der Waals surface area (Å²) < 4.78 is 0. The van der Waals surface area contributed by atoms with Crippen LogP contribution in [0.1, 0.15) is 49.8 Å². The first-order valence-corrected chi connectivity index (χ1v) is 9.18. The highest BCUT2D eigenvalue weighted by Gasteiger charge is 2.28. The van der Waals surface area contributed by atoms with Gasteiger partial charge >= 0.3 is 0 Å². The standard InChI is InChI=1S/C20H27N3O2.ClH/c1-15(24)23-12-9-17-6-2-3-7-18(17)19(23)13-20(25)22-11-8-16-5-4-10-21-14-16;/h2-3,6-7,9,12,16,19,21H,4-5,8,10-11,13-14H2,1H3,(H,22,25);1H. The molecule has 2 amide bonds. The van der Waals surface area contributed by atoms with Crippen LogP contribution in [0.2, 0.25) is 0 Å². The summed E-state index contributed by atoms with van der Waals surface area (Å²) >= 11 is 0. The Hall–Kier alpha value is -1.85. The Labute approximate surface area is 161 Å². The number of benzene rings is 1. The Morgan fingerprint density at radius 3 is 2.85 bits per heavy atom. The molecule has 2 aliphatic heterocycles. The normalized spacial score (nSPS) is 21.5. The van der Waals surface area contributed by atoms with Crippen molar-refractivity contribution in [1.29, 1.82) is 0 Å². The molecular weight excluding hydrogens is 350 g/mol. The fourth-order valence-corrected chi connectivity index (χ4v) is 3.75. The molecule has 142 valence electrons. The maximum Gasteiger partial charge on any atom is 0.223 e. The average molecular weight is 378 g/mol. The minimum Gasteiger partial charge on any atom is -0.356 e. The highest BCUT2D eigenvalue weighted by atomic mass is 35.5. The van der Waals surface area contributed by atoms with Crippen molar-refractivity contribution >= 4 is 30.3 Å². The molecule has 0 saturated carbocycles. The van der Waals surface area contributed by atoms with Crippen LogP contribution in [0.15, 0.2) is 30.5 Å². The Morgan fingerprint density at radius 2 is 2.12 bits per heavy atom. The van der Waals surface area contributed by atoms with Crippen molar-refractivity contribution in [3.8, 4) is 0 Å². The second-order valence-electron chi connectivity index (χ2n) is 6.94. The zero-order valence-corrected chi connectivity index (χ0v) is 16.1. The van der Waals surface area contributed by atoms with Gasteiger partial charge in [0.2, 0.25) is 11.8 Å². The minimum absolute atomic E-state index is 0. The average Bonchev–Trinajstić information content (AvgIpc) is 2.62. The number of fused-ring (bicyclic) bond motifs is 1. The molecule has 3 rings (SSSR count). The van der Waals surface area contributed by atoms with Crippen LogP contribution in [-0.4, -0.2) is 36.3 Å². The first-order chi connectivity index (χ1) is 12.1. The molecule has 1 aromatic carbocycles. The van der Waals surface area contributed by atoms with E-state index in [0.717, 1.165) is 30.6 Å². The van der Waals surface area contributed by atoms with E-state index < -0.39 is 0 Å². The number of nitrogens with one attached hydrogen (secondary N) is 2. The van der Waals surface area contributed by atoms with E-state index in [1.54, 1.807) is 18.0 Å². The fourth-order valence-electron chi connectivity index (χ4n) is 3.75. The summed E-state index contributed by atoms with van der Waals surface area (Å²) in [6.45, 7) is 4.40. The summed E-state index contributed by atoms with van der Waals surface area (Å²) in [7, 11) is 0. The van der Waals surface area contributed by atoms with Gasteiger partial charge in [-0.25, -0.2) is 0 Å². The summed E-state index contributed by atoms with van der Waals surface area (Å²) in [4.78, 5) is 26.1. The van der Waals surface area contributed by atoms with Crippen LogP contribution in [-0.2, 0) is 9.59 Å². The monoisotopic (exact) mass is 377 g/mol. The topological polar surface area (TPSA) is 61.4 Å². The van der Waals surface area contributed by atoms with Gasteiger partial charge in [0.1, 0.15) is 0 Å². The van der Waals surface area contributed by atoms with Crippen LogP contribution in [0.3, 0.4) is 0 Å². The lowest BCUT2D eigenvalue weighted by Crippen LogP contribution is -2.36. The van der Waals surface area contributed by atoms with Gasteiger partial charge in [-0.1, -0.05) is 24.3 Å². The van der Waals surface area contributed by atoms with Crippen molar-refractivity contribution < 1.29 is 9.59 Å². The molecule has 2 N–H and O–H groups in total. The number of halogens is 1. The molecule has 2 atom stereocenters.